The van der Waals surface area contributed by atoms with Gasteiger partial charge in [-0.1, -0.05) is 24.3 Å². The molecule has 1 amide bonds. The van der Waals surface area contributed by atoms with Crippen LogP contribution in [0.15, 0.2) is 48.5 Å². The Morgan fingerprint density at radius 1 is 1.00 bits per heavy atom. The first-order valence-corrected chi connectivity index (χ1v) is 10.3. The highest BCUT2D eigenvalue weighted by Gasteiger charge is 2.37. The van der Waals surface area contributed by atoms with Crippen molar-refractivity contribution in [2.24, 2.45) is 5.92 Å². The standard InChI is InChI=1S/C23H23F4NO3/c24-18-9-5-16(6-10-18)21(28-13-1-2-20(28)29)22(30-14-15-3-4-15)17-7-11-19(12-8-17)31-23(25,26)27/h5-12,15,21-22H,1-4,13-14H2/t21-,22?/m0/s1. The minimum absolute atomic E-state index is 0.0219. The third-order valence-electron chi connectivity index (χ3n) is 5.59. The number of alkyl halides is 3. The summed E-state index contributed by atoms with van der Waals surface area (Å²) in [6, 6.07) is 10.9. The van der Waals surface area contributed by atoms with Crippen LogP contribution in [-0.4, -0.2) is 30.3 Å². The van der Waals surface area contributed by atoms with Gasteiger partial charge in [0.1, 0.15) is 17.7 Å². The Balaban J connectivity index is 1.68. The van der Waals surface area contributed by atoms with E-state index in [0.717, 1.165) is 12.8 Å². The van der Waals surface area contributed by atoms with Crippen LogP contribution in [0.2, 0.25) is 0 Å². The quantitative estimate of drug-likeness (QED) is 0.508. The van der Waals surface area contributed by atoms with E-state index >= 15 is 0 Å². The summed E-state index contributed by atoms with van der Waals surface area (Å²) in [5.41, 5.74) is 1.34. The topological polar surface area (TPSA) is 38.8 Å². The molecule has 2 aromatic carbocycles. The molecule has 4 rings (SSSR count). The lowest BCUT2D eigenvalue weighted by atomic mass is 9.94. The molecular weight excluding hydrogens is 414 g/mol. The summed E-state index contributed by atoms with van der Waals surface area (Å²) in [5.74, 6) is -0.294. The lowest BCUT2D eigenvalue weighted by Gasteiger charge is -2.35. The van der Waals surface area contributed by atoms with Gasteiger partial charge in [0, 0.05) is 13.0 Å². The number of carbonyl (C=O) groups is 1. The van der Waals surface area contributed by atoms with Crippen LogP contribution < -0.4 is 4.74 Å². The van der Waals surface area contributed by atoms with Crippen molar-refractivity contribution in [2.45, 2.75) is 44.2 Å². The molecule has 0 aromatic heterocycles. The second-order valence-electron chi connectivity index (χ2n) is 8.00. The van der Waals surface area contributed by atoms with Gasteiger partial charge in [-0.15, -0.1) is 13.2 Å². The van der Waals surface area contributed by atoms with E-state index in [1.165, 1.54) is 36.4 Å². The van der Waals surface area contributed by atoms with E-state index < -0.39 is 18.5 Å². The Labute approximate surface area is 177 Å². The van der Waals surface area contributed by atoms with Crippen LogP contribution in [0.3, 0.4) is 0 Å². The molecule has 1 aliphatic carbocycles. The number of nitrogens with zero attached hydrogens (tertiary/aromatic N) is 1. The lowest BCUT2D eigenvalue weighted by Crippen LogP contribution is -2.35. The molecule has 2 atom stereocenters. The molecule has 0 radical (unpaired) electrons. The van der Waals surface area contributed by atoms with Crippen molar-refractivity contribution in [1.82, 2.24) is 4.90 Å². The van der Waals surface area contributed by atoms with E-state index in [2.05, 4.69) is 4.74 Å². The minimum atomic E-state index is -4.78. The zero-order chi connectivity index (χ0) is 22.0. The van der Waals surface area contributed by atoms with E-state index in [-0.39, 0.29) is 17.5 Å². The molecular formula is C23H23F4NO3. The number of amides is 1. The fourth-order valence-corrected chi connectivity index (χ4v) is 3.89. The average Bonchev–Trinajstić information content (AvgIpc) is 3.45. The fraction of sp³-hybridized carbons (Fsp3) is 0.435. The maximum Gasteiger partial charge on any atom is 0.573 e. The van der Waals surface area contributed by atoms with Crippen molar-refractivity contribution in [3.8, 4) is 5.75 Å². The minimum Gasteiger partial charge on any atom is -0.406 e. The summed E-state index contributed by atoms with van der Waals surface area (Å²) < 4.78 is 61.3. The van der Waals surface area contributed by atoms with E-state index in [1.54, 1.807) is 17.0 Å². The summed E-state index contributed by atoms with van der Waals surface area (Å²) in [5, 5.41) is 0. The van der Waals surface area contributed by atoms with E-state index in [0.29, 0.717) is 43.0 Å². The Morgan fingerprint density at radius 2 is 1.65 bits per heavy atom. The van der Waals surface area contributed by atoms with Crippen molar-refractivity contribution in [3.05, 3.63) is 65.5 Å². The maximum atomic E-state index is 13.6. The molecule has 1 saturated heterocycles. The predicted octanol–water partition coefficient (Wildman–Crippen LogP) is 5.56. The Hall–Kier alpha value is -2.61. The van der Waals surface area contributed by atoms with Gasteiger partial charge in [-0.05, 0) is 60.6 Å². The molecule has 31 heavy (non-hydrogen) atoms. The Kier molecular flexibility index (Phi) is 6.18. The van der Waals surface area contributed by atoms with Crippen molar-refractivity contribution in [2.75, 3.05) is 13.2 Å². The molecule has 2 aromatic rings. The number of halogens is 4. The van der Waals surface area contributed by atoms with Crippen molar-refractivity contribution in [1.29, 1.82) is 0 Å². The normalized spacial score (nSPS) is 18.8. The average molecular weight is 437 g/mol. The van der Waals surface area contributed by atoms with Gasteiger partial charge in [0.2, 0.25) is 5.91 Å². The third kappa shape index (κ3) is 5.55. The molecule has 0 N–H and O–H groups in total. The van der Waals surface area contributed by atoms with E-state index in [1.807, 2.05) is 0 Å². The zero-order valence-corrected chi connectivity index (χ0v) is 16.8. The first-order valence-electron chi connectivity index (χ1n) is 10.3. The van der Waals surface area contributed by atoms with Gasteiger partial charge < -0.3 is 14.4 Å². The number of rotatable bonds is 8. The van der Waals surface area contributed by atoms with Gasteiger partial charge in [0.05, 0.1) is 12.6 Å². The van der Waals surface area contributed by atoms with Gasteiger partial charge in [-0.3, -0.25) is 4.79 Å². The molecule has 1 heterocycles. The second kappa shape index (κ2) is 8.86. The van der Waals surface area contributed by atoms with Crippen LogP contribution in [0, 0.1) is 11.7 Å². The number of hydrogen-bond acceptors (Lipinski definition) is 3. The monoisotopic (exact) mass is 437 g/mol. The summed E-state index contributed by atoms with van der Waals surface area (Å²) in [6.45, 7) is 1.03. The van der Waals surface area contributed by atoms with Gasteiger partial charge >= 0.3 is 6.36 Å². The largest absolute Gasteiger partial charge is 0.573 e. The molecule has 166 valence electrons. The molecule has 4 nitrogen and oxygen atoms in total. The Bertz CT molecular complexity index is 895. The van der Waals surface area contributed by atoms with Crippen LogP contribution >= 0.6 is 0 Å². The van der Waals surface area contributed by atoms with Crippen molar-refractivity contribution >= 4 is 5.91 Å². The second-order valence-corrected chi connectivity index (χ2v) is 8.00. The summed E-state index contributed by atoms with van der Waals surface area (Å²) in [6.07, 6.45) is -2.12. The van der Waals surface area contributed by atoms with Gasteiger partial charge in [0.25, 0.3) is 0 Å². The zero-order valence-electron chi connectivity index (χ0n) is 16.8. The lowest BCUT2D eigenvalue weighted by molar-refractivity contribution is -0.274. The molecule has 1 aliphatic heterocycles. The number of hydrogen-bond donors (Lipinski definition) is 0. The SMILES string of the molecule is O=C1CCCN1[C@@H](c1ccc(F)cc1)C(OCC1CC1)c1ccc(OC(F)(F)F)cc1. The molecule has 1 unspecified atom stereocenters. The third-order valence-corrected chi connectivity index (χ3v) is 5.59. The number of likely N-dealkylation sites (tertiary alicyclic amines) is 1. The fourth-order valence-electron chi connectivity index (χ4n) is 3.89. The smallest absolute Gasteiger partial charge is 0.406 e. The van der Waals surface area contributed by atoms with Crippen molar-refractivity contribution in [3.63, 3.8) is 0 Å². The van der Waals surface area contributed by atoms with Crippen LogP contribution in [0.1, 0.15) is 49.0 Å². The first kappa shape index (κ1) is 21.6. The molecule has 1 saturated carbocycles. The van der Waals surface area contributed by atoms with Crippen LogP contribution in [0.25, 0.3) is 0 Å². The first-order chi connectivity index (χ1) is 14.8. The molecule has 0 bridgehead atoms. The van der Waals surface area contributed by atoms with Crippen LogP contribution in [0.5, 0.6) is 5.75 Å². The Morgan fingerprint density at radius 3 is 2.19 bits per heavy atom. The highest BCUT2D eigenvalue weighted by Crippen LogP contribution is 2.41. The highest BCUT2D eigenvalue weighted by molar-refractivity contribution is 5.78. The highest BCUT2D eigenvalue weighted by atomic mass is 19.4. The number of benzene rings is 2. The molecule has 2 fully saturated rings. The van der Waals surface area contributed by atoms with Gasteiger partial charge in [-0.2, -0.15) is 0 Å². The van der Waals surface area contributed by atoms with E-state index in [9.17, 15) is 22.4 Å². The molecule has 0 spiro atoms. The predicted molar refractivity (Wildman–Crippen MR) is 105 cm³/mol. The maximum absolute atomic E-state index is 13.6. The van der Waals surface area contributed by atoms with Crippen LogP contribution in [0.4, 0.5) is 17.6 Å². The summed E-state index contributed by atoms with van der Waals surface area (Å²) in [4.78, 5) is 14.3. The number of ether oxygens (including phenoxy) is 2. The molecule has 8 heteroatoms. The van der Waals surface area contributed by atoms with Crippen LogP contribution in [-0.2, 0) is 9.53 Å². The van der Waals surface area contributed by atoms with Crippen molar-refractivity contribution < 1.29 is 31.8 Å². The van der Waals surface area contributed by atoms with Gasteiger partial charge in [-0.25, -0.2) is 4.39 Å². The van der Waals surface area contributed by atoms with E-state index in [4.69, 9.17) is 4.74 Å². The summed E-state index contributed by atoms with van der Waals surface area (Å²) >= 11 is 0. The summed E-state index contributed by atoms with van der Waals surface area (Å²) in [7, 11) is 0. The number of carbonyl (C=O) groups excluding carboxylic acids is 1. The molecule has 2 aliphatic rings. The van der Waals surface area contributed by atoms with Gasteiger partial charge in [0.15, 0.2) is 0 Å².